The summed E-state index contributed by atoms with van der Waals surface area (Å²) in [5, 5.41) is 3.08. The average molecular weight is 316 g/mol. The summed E-state index contributed by atoms with van der Waals surface area (Å²) in [6.07, 6.45) is 3.04. The maximum absolute atomic E-state index is 12.9. The van der Waals surface area contributed by atoms with Crippen molar-refractivity contribution in [1.82, 2.24) is 4.90 Å². The Kier molecular flexibility index (Phi) is 5.45. The van der Waals surface area contributed by atoms with Crippen molar-refractivity contribution in [3.63, 3.8) is 0 Å². The largest absolute Gasteiger partial charge is 0.342 e. The third-order valence-electron chi connectivity index (χ3n) is 4.88. The molecule has 1 aliphatic rings. The molecule has 1 N–H and O–H groups in total. The molecule has 2 amide bonds. The summed E-state index contributed by atoms with van der Waals surface area (Å²) >= 11 is 0. The van der Waals surface area contributed by atoms with E-state index in [4.69, 9.17) is 0 Å². The van der Waals surface area contributed by atoms with Crippen molar-refractivity contribution in [2.75, 3.05) is 18.4 Å². The highest BCUT2D eigenvalue weighted by Gasteiger charge is 2.57. The van der Waals surface area contributed by atoms with Crippen molar-refractivity contribution in [2.24, 2.45) is 5.41 Å². The number of rotatable bonds is 7. The Balaban J connectivity index is 2.24. The smallest absolute Gasteiger partial charge is 0.240 e. The van der Waals surface area contributed by atoms with Gasteiger partial charge in [0.2, 0.25) is 11.8 Å². The van der Waals surface area contributed by atoms with Gasteiger partial charge in [0.15, 0.2) is 0 Å². The molecule has 0 aliphatic heterocycles. The molecule has 0 bridgehead atoms. The lowest BCUT2D eigenvalue weighted by atomic mass is 10.00. The van der Waals surface area contributed by atoms with E-state index in [0.717, 1.165) is 29.7 Å². The summed E-state index contributed by atoms with van der Waals surface area (Å²) < 4.78 is 0. The second-order valence-electron chi connectivity index (χ2n) is 6.17. The van der Waals surface area contributed by atoms with Crippen LogP contribution >= 0.6 is 0 Å². The van der Waals surface area contributed by atoms with E-state index in [9.17, 15) is 9.59 Å². The number of anilines is 1. The molecule has 0 spiro atoms. The Morgan fingerprint density at radius 2 is 1.57 bits per heavy atom. The van der Waals surface area contributed by atoms with Crippen LogP contribution in [0.5, 0.6) is 0 Å². The molecule has 0 saturated heterocycles. The van der Waals surface area contributed by atoms with E-state index in [2.05, 4.69) is 19.2 Å². The van der Waals surface area contributed by atoms with Gasteiger partial charge in [-0.3, -0.25) is 9.59 Å². The van der Waals surface area contributed by atoms with Crippen LogP contribution in [0, 0.1) is 5.41 Å². The lowest BCUT2D eigenvalue weighted by Gasteiger charge is -2.25. The number of hydrogen-bond acceptors (Lipinski definition) is 2. The Morgan fingerprint density at radius 3 is 1.96 bits per heavy atom. The summed E-state index contributed by atoms with van der Waals surface area (Å²) in [6, 6.07) is 6.11. The third-order valence-corrected chi connectivity index (χ3v) is 4.88. The van der Waals surface area contributed by atoms with Crippen LogP contribution in [0.4, 0.5) is 5.69 Å². The minimum atomic E-state index is -0.835. The predicted molar refractivity (Wildman–Crippen MR) is 93.4 cm³/mol. The predicted octanol–water partition coefficient (Wildman–Crippen LogP) is 3.40. The fraction of sp³-hybridized carbons (Fsp3) is 0.579. The van der Waals surface area contributed by atoms with Crippen LogP contribution in [0.1, 0.15) is 51.7 Å². The third kappa shape index (κ3) is 3.26. The van der Waals surface area contributed by atoms with Gasteiger partial charge < -0.3 is 10.2 Å². The van der Waals surface area contributed by atoms with Gasteiger partial charge >= 0.3 is 0 Å². The molecule has 1 aromatic carbocycles. The van der Waals surface area contributed by atoms with Crippen LogP contribution in [-0.2, 0) is 22.4 Å². The minimum absolute atomic E-state index is 0.0213. The molecule has 1 saturated carbocycles. The second-order valence-corrected chi connectivity index (χ2v) is 6.17. The summed E-state index contributed by atoms with van der Waals surface area (Å²) in [6.45, 7) is 9.37. The number of aryl methyl sites for hydroxylation is 2. The van der Waals surface area contributed by atoms with Crippen LogP contribution in [0.15, 0.2) is 18.2 Å². The van der Waals surface area contributed by atoms with Crippen molar-refractivity contribution in [3.05, 3.63) is 29.3 Å². The molecule has 0 unspecified atom stereocenters. The topological polar surface area (TPSA) is 49.4 Å². The maximum Gasteiger partial charge on any atom is 0.240 e. The molecule has 1 fully saturated rings. The number of benzene rings is 1. The first-order valence-corrected chi connectivity index (χ1v) is 8.75. The summed E-state index contributed by atoms with van der Waals surface area (Å²) in [4.78, 5) is 27.3. The maximum atomic E-state index is 12.9. The van der Waals surface area contributed by atoms with Crippen LogP contribution in [-0.4, -0.2) is 29.8 Å². The Morgan fingerprint density at radius 1 is 1.04 bits per heavy atom. The second kappa shape index (κ2) is 7.16. The zero-order valence-corrected chi connectivity index (χ0v) is 14.7. The van der Waals surface area contributed by atoms with Gasteiger partial charge in [-0.2, -0.15) is 0 Å². The zero-order valence-electron chi connectivity index (χ0n) is 14.7. The van der Waals surface area contributed by atoms with Gasteiger partial charge in [0.05, 0.1) is 0 Å². The van der Waals surface area contributed by atoms with Gasteiger partial charge in [0.1, 0.15) is 5.41 Å². The van der Waals surface area contributed by atoms with Crippen molar-refractivity contribution in [1.29, 1.82) is 0 Å². The zero-order chi connectivity index (χ0) is 17.0. The monoisotopic (exact) mass is 316 g/mol. The molecule has 0 aromatic heterocycles. The van der Waals surface area contributed by atoms with Crippen LogP contribution < -0.4 is 5.32 Å². The van der Waals surface area contributed by atoms with Crippen molar-refractivity contribution in [3.8, 4) is 0 Å². The van der Waals surface area contributed by atoms with Gasteiger partial charge in [-0.05, 0) is 50.7 Å². The molecular formula is C19H28N2O2. The molecule has 4 nitrogen and oxygen atoms in total. The van der Waals surface area contributed by atoms with Crippen molar-refractivity contribution >= 4 is 17.5 Å². The fourth-order valence-electron chi connectivity index (χ4n) is 3.11. The van der Waals surface area contributed by atoms with Crippen LogP contribution in [0.3, 0.4) is 0 Å². The van der Waals surface area contributed by atoms with Crippen LogP contribution in [0.2, 0.25) is 0 Å². The first kappa shape index (κ1) is 17.5. The number of hydrogen-bond donors (Lipinski definition) is 1. The number of carbonyl (C=O) groups is 2. The van der Waals surface area contributed by atoms with Gasteiger partial charge in [-0.1, -0.05) is 32.0 Å². The van der Waals surface area contributed by atoms with Gasteiger partial charge in [-0.25, -0.2) is 0 Å². The Hall–Kier alpha value is -1.84. The summed E-state index contributed by atoms with van der Waals surface area (Å²) in [7, 11) is 0. The van der Waals surface area contributed by atoms with Crippen molar-refractivity contribution in [2.45, 2.75) is 53.4 Å². The molecule has 1 aliphatic carbocycles. The first-order chi connectivity index (χ1) is 11.0. The number of para-hydroxylation sites is 1. The molecule has 1 aromatic rings. The molecule has 0 radical (unpaired) electrons. The molecule has 0 heterocycles. The highest BCUT2D eigenvalue weighted by Crippen LogP contribution is 2.48. The standard InChI is InChI=1S/C19H28N2O2/c1-5-14-10-9-11-15(6-2)16(14)20-17(22)19(12-13-19)18(23)21(7-3)8-4/h9-11H,5-8,12-13H2,1-4H3,(H,20,22). The summed E-state index contributed by atoms with van der Waals surface area (Å²) in [5.74, 6) is -0.156. The number of amides is 2. The van der Waals surface area contributed by atoms with E-state index in [1.807, 2.05) is 32.0 Å². The van der Waals surface area contributed by atoms with Crippen LogP contribution in [0.25, 0.3) is 0 Å². The quantitative estimate of drug-likeness (QED) is 0.784. The lowest BCUT2D eigenvalue weighted by molar-refractivity contribution is -0.141. The summed E-state index contributed by atoms with van der Waals surface area (Å²) in [5.41, 5.74) is 2.33. The molecule has 23 heavy (non-hydrogen) atoms. The van der Waals surface area contributed by atoms with Gasteiger partial charge in [-0.15, -0.1) is 0 Å². The minimum Gasteiger partial charge on any atom is -0.342 e. The highest BCUT2D eigenvalue weighted by molar-refractivity contribution is 6.13. The molecule has 4 heteroatoms. The van der Waals surface area contributed by atoms with E-state index in [-0.39, 0.29) is 11.8 Å². The van der Waals surface area contributed by atoms with Gasteiger partial charge in [0, 0.05) is 18.8 Å². The molecule has 0 atom stereocenters. The SMILES string of the molecule is CCc1cccc(CC)c1NC(=O)C1(C(=O)N(CC)CC)CC1. The number of nitrogens with zero attached hydrogens (tertiary/aromatic N) is 1. The number of nitrogens with one attached hydrogen (secondary N) is 1. The van der Waals surface area contributed by atoms with E-state index in [0.29, 0.717) is 25.9 Å². The first-order valence-electron chi connectivity index (χ1n) is 8.75. The average Bonchev–Trinajstić information content (AvgIpc) is 3.37. The Bertz CT molecular complexity index is 565. The van der Waals surface area contributed by atoms with Crippen molar-refractivity contribution < 1.29 is 9.59 Å². The highest BCUT2D eigenvalue weighted by atomic mass is 16.2. The van der Waals surface area contributed by atoms with E-state index >= 15 is 0 Å². The molecule has 2 rings (SSSR count). The molecular weight excluding hydrogens is 288 g/mol. The lowest BCUT2D eigenvalue weighted by Crippen LogP contribution is -2.43. The fourth-order valence-corrected chi connectivity index (χ4v) is 3.11. The Labute approximate surface area is 139 Å². The normalized spacial score (nSPS) is 15.1. The van der Waals surface area contributed by atoms with E-state index < -0.39 is 5.41 Å². The van der Waals surface area contributed by atoms with Gasteiger partial charge in [0.25, 0.3) is 0 Å². The van der Waals surface area contributed by atoms with E-state index in [1.165, 1.54) is 0 Å². The molecule has 126 valence electrons. The number of carbonyl (C=O) groups excluding carboxylic acids is 2. The van der Waals surface area contributed by atoms with E-state index in [1.54, 1.807) is 4.90 Å².